The van der Waals surface area contributed by atoms with Crippen LogP contribution in [-0.2, 0) is 22.4 Å². The van der Waals surface area contributed by atoms with E-state index in [9.17, 15) is 9.90 Å². The lowest BCUT2D eigenvalue weighted by Gasteiger charge is -2.40. The molecule has 1 saturated heterocycles. The summed E-state index contributed by atoms with van der Waals surface area (Å²) in [7, 11) is 1.81. The van der Waals surface area contributed by atoms with Gasteiger partial charge in [0.2, 0.25) is 5.91 Å². The van der Waals surface area contributed by atoms with Crippen LogP contribution in [0.25, 0.3) is 0 Å². The Kier molecular flexibility index (Phi) is 2.64. The fourth-order valence-corrected chi connectivity index (χ4v) is 2.71. The molecule has 4 heteroatoms. The molecule has 0 saturated carbocycles. The van der Waals surface area contributed by atoms with Crippen LogP contribution in [0.15, 0.2) is 18.2 Å². The molecule has 2 heterocycles. The first-order valence-electron chi connectivity index (χ1n) is 6.21. The van der Waals surface area contributed by atoms with Gasteiger partial charge in [-0.25, -0.2) is 0 Å². The summed E-state index contributed by atoms with van der Waals surface area (Å²) < 4.78 is 5.21. The molecule has 1 aromatic carbocycles. The van der Waals surface area contributed by atoms with Gasteiger partial charge in [0.15, 0.2) is 0 Å². The maximum absolute atomic E-state index is 11.6. The Morgan fingerprint density at radius 1 is 1.44 bits per heavy atom. The highest BCUT2D eigenvalue weighted by Gasteiger charge is 2.38. The van der Waals surface area contributed by atoms with E-state index in [0.717, 1.165) is 17.7 Å². The van der Waals surface area contributed by atoms with Crippen molar-refractivity contribution in [3.63, 3.8) is 0 Å². The van der Waals surface area contributed by atoms with Gasteiger partial charge in [-0.2, -0.15) is 0 Å². The molecule has 2 aliphatic heterocycles. The van der Waals surface area contributed by atoms with Crippen molar-refractivity contribution in [2.45, 2.75) is 12.8 Å². The van der Waals surface area contributed by atoms with E-state index in [0.29, 0.717) is 19.6 Å². The molecular weight excluding hydrogens is 230 g/mol. The number of aliphatic hydroxyl groups excluding tert-OH is 1. The number of rotatable bonds is 3. The van der Waals surface area contributed by atoms with Crippen LogP contribution in [0.1, 0.15) is 11.1 Å². The number of aliphatic hydroxyl groups is 1. The van der Waals surface area contributed by atoms with Gasteiger partial charge in [0.05, 0.1) is 26.2 Å². The number of amides is 1. The number of ether oxygens (including phenoxy) is 1. The third-order valence-electron chi connectivity index (χ3n) is 3.95. The molecular formula is C14H17NO3. The largest absolute Gasteiger partial charge is 0.396 e. The van der Waals surface area contributed by atoms with E-state index in [1.165, 1.54) is 5.56 Å². The first kappa shape index (κ1) is 11.7. The third-order valence-corrected chi connectivity index (χ3v) is 3.95. The number of anilines is 1. The fourth-order valence-electron chi connectivity index (χ4n) is 2.71. The van der Waals surface area contributed by atoms with Crippen LogP contribution in [0, 0.1) is 5.41 Å². The monoisotopic (exact) mass is 247 g/mol. The number of hydrogen-bond donors (Lipinski definition) is 1. The summed E-state index contributed by atoms with van der Waals surface area (Å²) in [5, 5.41) is 9.43. The normalized spacial score (nSPS) is 20.8. The summed E-state index contributed by atoms with van der Waals surface area (Å²) in [5.41, 5.74) is 3.16. The highest BCUT2D eigenvalue weighted by Crippen LogP contribution is 2.34. The Bertz CT molecular complexity index is 488. The molecule has 0 spiro atoms. The molecule has 0 bridgehead atoms. The van der Waals surface area contributed by atoms with Gasteiger partial charge in [-0.3, -0.25) is 4.79 Å². The first-order chi connectivity index (χ1) is 8.63. The highest BCUT2D eigenvalue weighted by atomic mass is 16.5. The summed E-state index contributed by atoms with van der Waals surface area (Å²) in [4.78, 5) is 13.3. The highest BCUT2D eigenvalue weighted by molar-refractivity contribution is 6.00. The molecule has 0 atom stereocenters. The van der Waals surface area contributed by atoms with E-state index in [1.807, 2.05) is 19.2 Å². The van der Waals surface area contributed by atoms with Crippen molar-refractivity contribution in [2.24, 2.45) is 5.41 Å². The zero-order chi connectivity index (χ0) is 12.8. The average molecular weight is 247 g/mol. The second-order valence-electron chi connectivity index (χ2n) is 5.42. The fraction of sp³-hybridized carbons (Fsp3) is 0.500. The van der Waals surface area contributed by atoms with E-state index in [-0.39, 0.29) is 17.9 Å². The molecule has 18 heavy (non-hydrogen) atoms. The van der Waals surface area contributed by atoms with Crippen molar-refractivity contribution >= 4 is 11.6 Å². The standard InChI is InChI=1S/C14H17NO3/c1-15-12-3-2-10(4-11(12)5-13(15)17)6-14(7-16)8-18-9-14/h2-4,16H,5-9H2,1H3. The molecule has 1 aromatic rings. The Morgan fingerprint density at radius 3 is 2.83 bits per heavy atom. The molecule has 2 aliphatic rings. The van der Waals surface area contributed by atoms with Gasteiger partial charge in [-0.1, -0.05) is 12.1 Å². The van der Waals surface area contributed by atoms with Crippen LogP contribution >= 0.6 is 0 Å². The number of carbonyl (C=O) groups excluding carboxylic acids is 1. The Morgan fingerprint density at radius 2 is 2.22 bits per heavy atom. The zero-order valence-electron chi connectivity index (χ0n) is 10.5. The first-order valence-corrected chi connectivity index (χ1v) is 6.21. The average Bonchev–Trinajstić information content (AvgIpc) is 2.60. The second kappa shape index (κ2) is 4.07. The van der Waals surface area contributed by atoms with Crippen LogP contribution in [0.5, 0.6) is 0 Å². The van der Waals surface area contributed by atoms with Crippen molar-refractivity contribution in [2.75, 3.05) is 31.8 Å². The van der Waals surface area contributed by atoms with Crippen LogP contribution in [0.4, 0.5) is 5.69 Å². The van der Waals surface area contributed by atoms with Gasteiger partial charge >= 0.3 is 0 Å². The summed E-state index contributed by atoms with van der Waals surface area (Å²) in [6.45, 7) is 1.40. The molecule has 0 aliphatic carbocycles. The molecule has 4 nitrogen and oxygen atoms in total. The molecule has 1 amide bonds. The van der Waals surface area contributed by atoms with Gasteiger partial charge in [0.1, 0.15) is 0 Å². The molecule has 0 radical (unpaired) electrons. The Labute approximate surface area is 106 Å². The number of likely N-dealkylation sites (N-methyl/N-ethyl adjacent to an activating group) is 1. The molecule has 1 N–H and O–H groups in total. The predicted octanol–water partition coefficient (Wildman–Crippen LogP) is 0.757. The second-order valence-corrected chi connectivity index (χ2v) is 5.42. The van der Waals surface area contributed by atoms with Crippen molar-refractivity contribution in [3.8, 4) is 0 Å². The lowest BCUT2D eigenvalue weighted by Crippen LogP contribution is -2.47. The maximum Gasteiger partial charge on any atom is 0.231 e. The lowest BCUT2D eigenvalue weighted by molar-refractivity contribution is -0.136. The van der Waals surface area contributed by atoms with Gasteiger partial charge in [0, 0.05) is 18.2 Å². The van der Waals surface area contributed by atoms with Crippen molar-refractivity contribution in [1.82, 2.24) is 0 Å². The van der Waals surface area contributed by atoms with Crippen molar-refractivity contribution < 1.29 is 14.6 Å². The molecule has 3 rings (SSSR count). The van der Waals surface area contributed by atoms with Crippen LogP contribution in [-0.4, -0.2) is 37.9 Å². The van der Waals surface area contributed by atoms with Crippen LogP contribution in [0.3, 0.4) is 0 Å². The van der Waals surface area contributed by atoms with Crippen LogP contribution in [0.2, 0.25) is 0 Å². The molecule has 1 fully saturated rings. The summed E-state index contributed by atoms with van der Waals surface area (Å²) in [6, 6.07) is 6.14. The van der Waals surface area contributed by atoms with Crippen LogP contribution < -0.4 is 4.90 Å². The van der Waals surface area contributed by atoms with Gasteiger partial charge < -0.3 is 14.7 Å². The Balaban J connectivity index is 1.84. The maximum atomic E-state index is 11.6. The molecule has 0 aromatic heterocycles. The number of benzene rings is 1. The van der Waals surface area contributed by atoms with Crippen molar-refractivity contribution in [1.29, 1.82) is 0 Å². The minimum absolute atomic E-state index is 0.108. The third kappa shape index (κ3) is 1.72. The summed E-state index contributed by atoms with van der Waals surface area (Å²) in [6.07, 6.45) is 1.30. The van der Waals surface area contributed by atoms with E-state index in [1.54, 1.807) is 4.90 Å². The summed E-state index contributed by atoms with van der Waals surface area (Å²) in [5.74, 6) is 0.144. The van der Waals surface area contributed by atoms with E-state index < -0.39 is 0 Å². The van der Waals surface area contributed by atoms with Crippen molar-refractivity contribution in [3.05, 3.63) is 29.3 Å². The smallest absolute Gasteiger partial charge is 0.231 e. The van der Waals surface area contributed by atoms with E-state index in [4.69, 9.17) is 4.74 Å². The zero-order valence-corrected chi connectivity index (χ0v) is 10.5. The SMILES string of the molecule is CN1C(=O)Cc2cc(CC3(CO)COC3)ccc21. The number of fused-ring (bicyclic) bond motifs is 1. The van der Waals surface area contributed by atoms with Gasteiger partial charge in [-0.05, 0) is 23.6 Å². The molecule has 0 unspecified atom stereocenters. The minimum atomic E-state index is -0.108. The van der Waals surface area contributed by atoms with E-state index >= 15 is 0 Å². The van der Waals surface area contributed by atoms with E-state index in [2.05, 4.69) is 6.07 Å². The topological polar surface area (TPSA) is 49.8 Å². The summed E-state index contributed by atoms with van der Waals surface area (Å²) >= 11 is 0. The number of nitrogens with zero attached hydrogens (tertiary/aromatic N) is 1. The quantitative estimate of drug-likeness (QED) is 0.857. The Hall–Kier alpha value is -1.39. The predicted molar refractivity (Wildman–Crippen MR) is 67.6 cm³/mol. The van der Waals surface area contributed by atoms with Gasteiger partial charge in [-0.15, -0.1) is 0 Å². The van der Waals surface area contributed by atoms with Gasteiger partial charge in [0.25, 0.3) is 0 Å². The number of carbonyl (C=O) groups is 1. The lowest BCUT2D eigenvalue weighted by atomic mass is 9.80. The molecule has 96 valence electrons. The minimum Gasteiger partial charge on any atom is -0.396 e. The number of hydrogen-bond acceptors (Lipinski definition) is 3.